The molecule has 1 N–H and O–H groups in total. The van der Waals surface area contributed by atoms with Crippen LogP contribution in [0.5, 0.6) is 11.6 Å². The summed E-state index contributed by atoms with van der Waals surface area (Å²) in [6.07, 6.45) is 2.80. The summed E-state index contributed by atoms with van der Waals surface area (Å²) in [5.41, 5.74) is 0.252. The van der Waals surface area contributed by atoms with Crippen LogP contribution in [0.25, 0.3) is 0 Å². The minimum Gasteiger partial charge on any atom is -0.438 e. The number of carbonyl (C=O) groups is 1. The van der Waals surface area contributed by atoms with Crippen molar-refractivity contribution in [2.24, 2.45) is 0 Å². The highest BCUT2D eigenvalue weighted by atomic mass is 32.1. The molecule has 0 radical (unpaired) electrons. The second-order valence-corrected chi connectivity index (χ2v) is 4.08. The van der Waals surface area contributed by atoms with Crippen molar-refractivity contribution in [3.05, 3.63) is 48.4 Å². The number of ether oxygens (including phenoxy) is 1. The van der Waals surface area contributed by atoms with E-state index in [0.717, 1.165) is 0 Å². The predicted octanol–water partition coefficient (Wildman–Crippen LogP) is 1.93. The highest BCUT2D eigenvalue weighted by molar-refractivity contribution is 7.80. The van der Waals surface area contributed by atoms with Crippen LogP contribution >= 0.6 is 12.6 Å². The number of rotatable bonds is 5. The highest BCUT2D eigenvalue weighted by Crippen LogP contribution is 2.17. The van der Waals surface area contributed by atoms with Crippen LogP contribution in [0.15, 0.2) is 42.7 Å². The molecule has 0 aliphatic heterocycles. The van der Waals surface area contributed by atoms with E-state index in [-0.39, 0.29) is 11.6 Å². The number of carbonyl (C=O) groups excluding carboxylic acids is 1. The molecular weight excluding hydrogens is 262 g/mol. The molecule has 19 heavy (non-hydrogen) atoms. The van der Waals surface area contributed by atoms with Crippen LogP contribution in [-0.4, -0.2) is 28.2 Å². The van der Waals surface area contributed by atoms with Crippen LogP contribution < -0.4 is 10.1 Å². The minimum atomic E-state index is -0.271. The summed E-state index contributed by atoms with van der Waals surface area (Å²) in [5.74, 6) is 1.32. The first-order valence-corrected chi connectivity index (χ1v) is 6.37. The number of nitrogens with one attached hydrogen (secondary N) is 1. The van der Waals surface area contributed by atoms with E-state index in [1.54, 1.807) is 0 Å². The topological polar surface area (TPSA) is 64.1 Å². The van der Waals surface area contributed by atoms with Gasteiger partial charge in [-0.15, -0.1) is 0 Å². The van der Waals surface area contributed by atoms with Crippen molar-refractivity contribution < 1.29 is 9.53 Å². The molecule has 0 saturated heterocycles. The number of thiol groups is 1. The Bertz CT molecular complexity index is 531. The third-order valence-electron chi connectivity index (χ3n) is 2.22. The van der Waals surface area contributed by atoms with E-state index >= 15 is 0 Å². The molecule has 0 atom stereocenters. The van der Waals surface area contributed by atoms with Crippen molar-refractivity contribution in [3.8, 4) is 11.6 Å². The quantitative estimate of drug-likeness (QED) is 0.818. The average molecular weight is 275 g/mol. The molecule has 0 aliphatic carbocycles. The maximum Gasteiger partial charge on any atom is 0.271 e. The number of aromatic nitrogens is 2. The molecule has 0 fully saturated rings. The first kappa shape index (κ1) is 13.4. The zero-order valence-electron chi connectivity index (χ0n) is 10.1. The first-order valence-electron chi connectivity index (χ1n) is 5.73. The largest absolute Gasteiger partial charge is 0.438 e. The molecule has 2 rings (SSSR count). The average Bonchev–Trinajstić information content (AvgIpc) is 2.46. The van der Waals surface area contributed by atoms with E-state index < -0.39 is 0 Å². The Morgan fingerprint density at radius 3 is 2.63 bits per heavy atom. The highest BCUT2D eigenvalue weighted by Gasteiger charge is 2.07. The normalized spacial score (nSPS) is 9.95. The molecule has 1 aromatic carbocycles. The molecule has 1 amide bonds. The number of nitrogens with zero attached hydrogens (tertiary/aromatic N) is 2. The van der Waals surface area contributed by atoms with Crippen LogP contribution in [-0.2, 0) is 0 Å². The van der Waals surface area contributed by atoms with Crippen molar-refractivity contribution in [2.45, 2.75) is 0 Å². The molecular formula is C13H13N3O2S. The Labute approximate surface area is 116 Å². The molecule has 0 bridgehead atoms. The predicted molar refractivity (Wildman–Crippen MR) is 74.7 cm³/mol. The monoisotopic (exact) mass is 275 g/mol. The second-order valence-electron chi connectivity index (χ2n) is 3.63. The van der Waals surface area contributed by atoms with E-state index in [9.17, 15) is 4.79 Å². The Hall–Kier alpha value is -2.08. The van der Waals surface area contributed by atoms with Crippen molar-refractivity contribution in [1.29, 1.82) is 0 Å². The minimum absolute atomic E-state index is 0.252. The Balaban J connectivity index is 2.00. The van der Waals surface area contributed by atoms with Gasteiger partial charge in [-0.05, 0) is 12.1 Å². The number of amides is 1. The second kappa shape index (κ2) is 6.75. The summed E-state index contributed by atoms with van der Waals surface area (Å²) >= 11 is 4.01. The van der Waals surface area contributed by atoms with Gasteiger partial charge in [-0.3, -0.25) is 4.79 Å². The van der Waals surface area contributed by atoms with Gasteiger partial charge in [0.2, 0.25) is 5.88 Å². The molecule has 0 spiro atoms. The third kappa shape index (κ3) is 3.96. The molecule has 1 heterocycles. The van der Waals surface area contributed by atoms with E-state index in [1.165, 1.54) is 12.4 Å². The summed E-state index contributed by atoms with van der Waals surface area (Å²) in [4.78, 5) is 19.6. The fourth-order valence-electron chi connectivity index (χ4n) is 1.36. The van der Waals surface area contributed by atoms with Crippen molar-refractivity contribution in [2.75, 3.05) is 12.3 Å². The Kier molecular flexibility index (Phi) is 4.74. The first-order chi connectivity index (χ1) is 9.29. The molecule has 0 saturated carbocycles. The van der Waals surface area contributed by atoms with Crippen molar-refractivity contribution in [3.63, 3.8) is 0 Å². The number of hydrogen-bond donors (Lipinski definition) is 2. The van der Waals surface area contributed by atoms with Crippen LogP contribution in [0.4, 0.5) is 0 Å². The van der Waals surface area contributed by atoms with E-state index in [1.807, 2.05) is 30.3 Å². The Morgan fingerprint density at radius 1 is 1.21 bits per heavy atom. The van der Waals surface area contributed by atoms with Crippen molar-refractivity contribution >= 4 is 18.5 Å². The van der Waals surface area contributed by atoms with Crippen LogP contribution in [0, 0.1) is 0 Å². The fraction of sp³-hybridized carbons (Fsp3) is 0.154. The summed E-state index contributed by atoms with van der Waals surface area (Å²) in [5, 5.41) is 2.66. The molecule has 1 aromatic heterocycles. The van der Waals surface area contributed by atoms with Gasteiger partial charge in [-0.25, -0.2) is 9.97 Å². The number of benzene rings is 1. The van der Waals surface area contributed by atoms with E-state index in [0.29, 0.717) is 23.9 Å². The van der Waals surface area contributed by atoms with Crippen LogP contribution in [0.2, 0.25) is 0 Å². The van der Waals surface area contributed by atoms with Gasteiger partial charge >= 0.3 is 0 Å². The van der Waals surface area contributed by atoms with Gasteiger partial charge in [0.05, 0.1) is 12.4 Å². The summed E-state index contributed by atoms with van der Waals surface area (Å²) in [6.45, 7) is 0.492. The number of para-hydroxylation sites is 1. The zero-order chi connectivity index (χ0) is 13.5. The lowest BCUT2D eigenvalue weighted by Crippen LogP contribution is -2.26. The third-order valence-corrected chi connectivity index (χ3v) is 2.45. The molecule has 0 aliphatic rings. The van der Waals surface area contributed by atoms with Gasteiger partial charge in [0, 0.05) is 12.3 Å². The van der Waals surface area contributed by atoms with Gasteiger partial charge in [0.1, 0.15) is 11.4 Å². The lowest BCUT2D eigenvalue weighted by molar-refractivity contribution is 0.0950. The molecule has 2 aromatic rings. The van der Waals surface area contributed by atoms with E-state index in [4.69, 9.17) is 4.74 Å². The fourth-order valence-corrected chi connectivity index (χ4v) is 1.47. The van der Waals surface area contributed by atoms with Gasteiger partial charge in [-0.2, -0.15) is 12.6 Å². The molecule has 5 nitrogen and oxygen atoms in total. The maximum absolute atomic E-state index is 11.6. The lowest BCUT2D eigenvalue weighted by Gasteiger charge is -2.05. The summed E-state index contributed by atoms with van der Waals surface area (Å²) in [6, 6.07) is 9.25. The van der Waals surface area contributed by atoms with Gasteiger partial charge in [0.15, 0.2) is 0 Å². The summed E-state index contributed by atoms with van der Waals surface area (Å²) < 4.78 is 5.48. The standard InChI is InChI=1S/C13H13N3O2S/c17-13(14-6-7-19)11-8-16-12(9-15-11)18-10-4-2-1-3-5-10/h1-5,8-9,19H,6-7H2,(H,14,17). The van der Waals surface area contributed by atoms with Crippen molar-refractivity contribution in [1.82, 2.24) is 15.3 Å². The van der Waals surface area contributed by atoms with E-state index in [2.05, 4.69) is 27.9 Å². The lowest BCUT2D eigenvalue weighted by atomic mass is 10.3. The zero-order valence-corrected chi connectivity index (χ0v) is 11.0. The smallest absolute Gasteiger partial charge is 0.271 e. The van der Waals surface area contributed by atoms with Gasteiger partial charge < -0.3 is 10.1 Å². The van der Waals surface area contributed by atoms with Crippen LogP contribution in [0.3, 0.4) is 0 Å². The molecule has 98 valence electrons. The molecule has 0 unspecified atom stereocenters. The van der Waals surface area contributed by atoms with Crippen LogP contribution in [0.1, 0.15) is 10.5 Å². The summed E-state index contributed by atoms with van der Waals surface area (Å²) in [7, 11) is 0. The van der Waals surface area contributed by atoms with Gasteiger partial charge in [-0.1, -0.05) is 18.2 Å². The molecule has 6 heteroatoms. The Morgan fingerprint density at radius 2 is 2.00 bits per heavy atom. The van der Waals surface area contributed by atoms with Gasteiger partial charge in [0.25, 0.3) is 5.91 Å². The number of hydrogen-bond acceptors (Lipinski definition) is 5. The maximum atomic E-state index is 11.6. The SMILES string of the molecule is O=C(NCCS)c1cnc(Oc2ccccc2)cn1.